The van der Waals surface area contributed by atoms with E-state index in [1.807, 2.05) is 98.0 Å². The Hall–Kier alpha value is -3.67. The van der Waals surface area contributed by atoms with Crippen molar-refractivity contribution >= 4 is 16.7 Å². The number of aliphatic hydroxyl groups is 1. The van der Waals surface area contributed by atoms with Crippen molar-refractivity contribution < 1.29 is 14.6 Å². The Morgan fingerprint density at radius 1 is 0.784 bits per heavy atom. The maximum absolute atomic E-state index is 12.4. The van der Waals surface area contributed by atoms with Gasteiger partial charge in [0.25, 0.3) is 0 Å². The van der Waals surface area contributed by atoms with Crippen molar-refractivity contribution in [3.05, 3.63) is 114 Å². The second-order valence-electron chi connectivity index (χ2n) is 9.28. The molecule has 0 aromatic heterocycles. The van der Waals surface area contributed by atoms with Gasteiger partial charge in [0, 0.05) is 26.0 Å². The number of carbonyl (C=O) groups excluding carboxylic acids is 1. The van der Waals surface area contributed by atoms with Crippen molar-refractivity contribution in [3.63, 3.8) is 0 Å². The zero-order chi connectivity index (χ0) is 26.6. The number of aliphatic hydroxyl groups excluding tert-OH is 1. The smallest absolute Gasteiger partial charge is 0.234 e. The molecule has 0 saturated heterocycles. The predicted octanol–water partition coefficient (Wildman–Crippen LogP) is 5.44. The SMILES string of the molecule is CCN(C)CC(O)COc1cccc2ccccc12.CN(C)C(=O)C(c1ccccc1)c1ccccc1. The molecule has 0 saturated carbocycles. The number of nitrogens with zero attached hydrogens (tertiary/aromatic N) is 2. The van der Waals surface area contributed by atoms with Gasteiger partial charge in [0.1, 0.15) is 18.5 Å². The fourth-order valence-electron chi connectivity index (χ4n) is 4.08. The summed E-state index contributed by atoms with van der Waals surface area (Å²) in [5.41, 5.74) is 2.06. The molecule has 0 spiro atoms. The highest BCUT2D eigenvalue weighted by atomic mass is 16.5. The van der Waals surface area contributed by atoms with Gasteiger partial charge in [0.05, 0.1) is 5.92 Å². The Balaban J connectivity index is 0.000000206. The van der Waals surface area contributed by atoms with Crippen molar-refractivity contribution in [2.24, 2.45) is 0 Å². The topological polar surface area (TPSA) is 53.0 Å². The Morgan fingerprint density at radius 2 is 1.32 bits per heavy atom. The highest BCUT2D eigenvalue weighted by Crippen LogP contribution is 2.26. The number of fused-ring (bicyclic) bond motifs is 1. The maximum Gasteiger partial charge on any atom is 0.234 e. The van der Waals surface area contributed by atoms with Crippen LogP contribution in [0.1, 0.15) is 24.0 Å². The van der Waals surface area contributed by atoms with Crippen molar-refractivity contribution in [1.29, 1.82) is 0 Å². The van der Waals surface area contributed by atoms with Gasteiger partial charge in [-0.2, -0.15) is 0 Å². The Labute approximate surface area is 220 Å². The summed E-state index contributed by atoms with van der Waals surface area (Å²) in [4.78, 5) is 16.1. The van der Waals surface area contributed by atoms with Crippen molar-refractivity contribution in [2.45, 2.75) is 18.9 Å². The van der Waals surface area contributed by atoms with Crippen LogP contribution in [0.5, 0.6) is 5.75 Å². The van der Waals surface area contributed by atoms with E-state index in [-0.39, 0.29) is 11.8 Å². The van der Waals surface area contributed by atoms with Gasteiger partial charge in [-0.25, -0.2) is 0 Å². The third-order valence-corrected chi connectivity index (χ3v) is 6.20. The molecule has 0 fully saturated rings. The molecule has 4 aromatic carbocycles. The van der Waals surface area contributed by atoms with Gasteiger partial charge >= 0.3 is 0 Å². The lowest BCUT2D eigenvalue weighted by atomic mass is 9.90. The van der Waals surface area contributed by atoms with Gasteiger partial charge in [-0.15, -0.1) is 0 Å². The van der Waals surface area contributed by atoms with Crippen LogP contribution < -0.4 is 4.74 Å². The van der Waals surface area contributed by atoms with E-state index in [0.29, 0.717) is 13.2 Å². The quantitative estimate of drug-likeness (QED) is 0.334. The van der Waals surface area contributed by atoms with Crippen LogP contribution >= 0.6 is 0 Å². The van der Waals surface area contributed by atoms with Crippen LogP contribution in [0.2, 0.25) is 0 Å². The lowest BCUT2D eigenvalue weighted by Gasteiger charge is -2.21. The summed E-state index contributed by atoms with van der Waals surface area (Å²) in [6.07, 6.45) is -0.469. The molecule has 194 valence electrons. The molecule has 0 heterocycles. The molecule has 5 heteroatoms. The molecule has 1 unspecified atom stereocenters. The first kappa shape index (κ1) is 27.9. The highest BCUT2D eigenvalue weighted by molar-refractivity contribution is 5.88. The maximum atomic E-state index is 12.4. The third kappa shape index (κ3) is 8.17. The molecule has 5 nitrogen and oxygen atoms in total. The van der Waals surface area contributed by atoms with Crippen LogP contribution in [-0.4, -0.2) is 67.8 Å². The first-order valence-electron chi connectivity index (χ1n) is 12.7. The van der Waals surface area contributed by atoms with Gasteiger partial charge < -0.3 is 19.6 Å². The summed E-state index contributed by atoms with van der Waals surface area (Å²) in [5.74, 6) is 0.714. The van der Waals surface area contributed by atoms with Crippen LogP contribution in [0.15, 0.2) is 103 Å². The molecule has 0 radical (unpaired) electrons. The molecule has 0 bridgehead atoms. The molecule has 4 aromatic rings. The first-order valence-corrected chi connectivity index (χ1v) is 12.7. The molecule has 1 atom stereocenters. The number of carbonyl (C=O) groups is 1. The van der Waals surface area contributed by atoms with E-state index in [1.165, 1.54) is 0 Å². The van der Waals surface area contributed by atoms with Gasteiger partial charge in [-0.05, 0) is 36.2 Å². The number of benzene rings is 4. The van der Waals surface area contributed by atoms with Crippen molar-refractivity contribution in [1.82, 2.24) is 9.80 Å². The van der Waals surface area contributed by atoms with E-state index in [1.54, 1.807) is 19.0 Å². The summed E-state index contributed by atoms with van der Waals surface area (Å²) in [5, 5.41) is 12.2. The summed E-state index contributed by atoms with van der Waals surface area (Å²) in [6.45, 7) is 3.93. The second kappa shape index (κ2) is 14.2. The highest BCUT2D eigenvalue weighted by Gasteiger charge is 2.23. The van der Waals surface area contributed by atoms with Crippen LogP contribution in [-0.2, 0) is 4.79 Å². The number of hydrogen-bond acceptors (Lipinski definition) is 4. The van der Waals surface area contributed by atoms with E-state index < -0.39 is 6.10 Å². The largest absolute Gasteiger partial charge is 0.490 e. The van der Waals surface area contributed by atoms with Crippen molar-refractivity contribution in [2.75, 3.05) is 40.8 Å². The number of hydrogen-bond donors (Lipinski definition) is 1. The molecule has 4 rings (SSSR count). The first-order chi connectivity index (χ1) is 17.9. The standard InChI is InChI=1S/C16H21NO2.C16H17NO/c1-3-17(2)11-14(18)12-19-16-10-6-8-13-7-4-5-9-15(13)16;1-17(2)16(18)15(13-9-5-3-6-10-13)14-11-7-4-8-12-14/h4-10,14,18H,3,11-12H2,1-2H3;3-12,15H,1-2H3. The molecule has 1 N–H and O–H groups in total. The molecule has 37 heavy (non-hydrogen) atoms. The second-order valence-corrected chi connectivity index (χ2v) is 9.28. The number of ether oxygens (including phenoxy) is 1. The summed E-state index contributed by atoms with van der Waals surface area (Å²) < 4.78 is 5.75. The number of likely N-dealkylation sites (N-methyl/N-ethyl adjacent to an activating group) is 2. The zero-order valence-electron chi connectivity index (χ0n) is 22.2. The average molecular weight is 499 g/mol. The van der Waals surface area contributed by atoms with Gasteiger partial charge in [-0.1, -0.05) is 104 Å². The summed E-state index contributed by atoms with van der Waals surface area (Å²) >= 11 is 0. The monoisotopic (exact) mass is 498 g/mol. The molecule has 0 aliphatic carbocycles. The summed E-state index contributed by atoms with van der Waals surface area (Å²) in [6, 6.07) is 33.9. The Morgan fingerprint density at radius 3 is 1.89 bits per heavy atom. The minimum atomic E-state index is -0.469. The zero-order valence-corrected chi connectivity index (χ0v) is 22.2. The van der Waals surface area contributed by atoms with E-state index in [9.17, 15) is 9.90 Å². The number of amides is 1. The summed E-state index contributed by atoms with van der Waals surface area (Å²) in [7, 11) is 5.57. The number of rotatable bonds is 9. The van der Waals surface area contributed by atoms with E-state index in [0.717, 1.165) is 34.2 Å². The van der Waals surface area contributed by atoms with Crippen LogP contribution in [0.25, 0.3) is 10.8 Å². The minimum absolute atomic E-state index is 0.104. The van der Waals surface area contributed by atoms with Gasteiger partial charge in [0.2, 0.25) is 5.91 Å². The molecule has 1 amide bonds. The predicted molar refractivity (Wildman–Crippen MR) is 152 cm³/mol. The Kier molecular flexibility index (Phi) is 10.7. The molecule has 0 aliphatic heterocycles. The normalized spacial score (nSPS) is 11.6. The Bertz CT molecular complexity index is 1180. The van der Waals surface area contributed by atoms with Gasteiger partial charge in [0.15, 0.2) is 0 Å². The fourth-order valence-corrected chi connectivity index (χ4v) is 4.08. The van der Waals surface area contributed by atoms with E-state index in [2.05, 4.69) is 24.0 Å². The van der Waals surface area contributed by atoms with Crippen molar-refractivity contribution in [3.8, 4) is 5.75 Å². The van der Waals surface area contributed by atoms with E-state index in [4.69, 9.17) is 4.74 Å². The molecular formula is C32H38N2O3. The van der Waals surface area contributed by atoms with Crippen LogP contribution in [0.4, 0.5) is 0 Å². The van der Waals surface area contributed by atoms with Crippen LogP contribution in [0.3, 0.4) is 0 Å². The average Bonchev–Trinajstić information content (AvgIpc) is 2.93. The minimum Gasteiger partial charge on any atom is -0.490 e. The third-order valence-electron chi connectivity index (χ3n) is 6.20. The lowest BCUT2D eigenvalue weighted by Crippen LogP contribution is -2.32. The van der Waals surface area contributed by atoms with E-state index >= 15 is 0 Å². The van der Waals surface area contributed by atoms with Crippen LogP contribution in [0, 0.1) is 0 Å². The fraction of sp³-hybridized carbons (Fsp3) is 0.281. The molecule has 0 aliphatic rings. The molecular weight excluding hydrogens is 460 g/mol. The van der Waals surface area contributed by atoms with Gasteiger partial charge in [-0.3, -0.25) is 4.79 Å². The lowest BCUT2D eigenvalue weighted by molar-refractivity contribution is -0.129.